The first-order chi connectivity index (χ1) is 18.8. The normalized spacial score (nSPS) is 17.7. The van der Waals surface area contributed by atoms with Crippen molar-refractivity contribution in [2.75, 3.05) is 5.32 Å². The molecule has 202 valence electrons. The van der Waals surface area contributed by atoms with Crippen LogP contribution in [-0.2, 0) is 6.42 Å². The number of nitrogens with one attached hydrogen (secondary N) is 1. The molecule has 0 fully saturated rings. The monoisotopic (exact) mass is 510 g/mol. The van der Waals surface area contributed by atoms with Crippen molar-refractivity contribution in [3.8, 4) is 5.75 Å². The molecule has 3 nitrogen and oxygen atoms in total. The van der Waals surface area contributed by atoms with Gasteiger partial charge < -0.3 is 10.1 Å². The molecule has 0 radical (unpaired) electrons. The predicted molar refractivity (Wildman–Crippen MR) is 163 cm³/mol. The van der Waals surface area contributed by atoms with Crippen molar-refractivity contribution >= 4 is 27.9 Å². The molecule has 0 aliphatic carbocycles. The first-order valence-corrected chi connectivity index (χ1v) is 15.4. The highest BCUT2D eigenvalue weighted by atomic mass is 16.5. The van der Waals surface area contributed by atoms with Crippen molar-refractivity contribution in [3.63, 3.8) is 0 Å². The molecule has 1 N–H and O–H groups in total. The van der Waals surface area contributed by atoms with Gasteiger partial charge in [0.1, 0.15) is 11.4 Å². The molecule has 3 heteroatoms. The Balaban J connectivity index is 1.13. The third-order valence-corrected chi connectivity index (χ3v) is 8.42. The molecule has 0 saturated carbocycles. The first kappa shape index (κ1) is 26.8. The fourth-order valence-electron chi connectivity index (χ4n) is 6.21. The van der Waals surface area contributed by atoms with Crippen LogP contribution >= 0.6 is 0 Å². The SMILES string of the molecule is CCCCCCCCCCCCCCCCC1=Nc2c(ccc3ccccc23)OC12Cc1ccccc1N2. The Morgan fingerprint density at radius 2 is 1.34 bits per heavy atom. The second kappa shape index (κ2) is 13.3. The standard InChI is InChI=1S/C35H46N2O/c1-2-3-4-5-6-7-8-9-10-11-12-13-14-15-24-33-35(27-29-21-17-19-23-31(29)37-35)38-32-26-25-28-20-16-18-22-30(28)34(32)36-33/h16-23,25-26,37H,2-15,24,27H2,1H3. The summed E-state index contributed by atoms with van der Waals surface area (Å²) in [5.74, 6) is 0.883. The largest absolute Gasteiger partial charge is 0.460 e. The summed E-state index contributed by atoms with van der Waals surface area (Å²) in [6, 6.07) is 21.3. The van der Waals surface area contributed by atoms with Gasteiger partial charge in [0.2, 0.25) is 5.72 Å². The second-order valence-corrected chi connectivity index (χ2v) is 11.4. The van der Waals surface area contributed by atoms with Crippen LogP contribution in [0.1, 0.15) is 109 Å². The number of unbranched alkanes of at least 4 members (excludes halogenated alkanes) is 13. The molecule has 38 heavy (non-hydrogen) atoms. The number of hydrogen-bond donors (Lipinski definition) is 1. The summed E-state index contributed by atoms with van der Waals surface area (Å²) in [4.78, 5) is 5.32. The van der Waals surface area contributed by atoms with Crippen LogP contribution in [-0.4, -0.2) is 11.4 Å². The van der Waals surface area contributed by atoms with E-state index in [1.165, 1.54) is 112 Å². The van der Waals surface area contributed by atoms with Crippen LogP contribution in [0.25, 0.3) is 10.8 Å². The van der Waals surface area contributed by atoms with Gasteiger partial charge in [0, 0.05) is 17.5 Å². The molecule has 2 aliphatic heterocycles. The van der Waals surface area contributed by atoms with Crippen LogP contribution in [0.4, 0.5) is 11.4 Å². The molecule has 2 heterocycles. The van der Waals surface area contributed by atoms with Gasteiger partial charge in [-0.2, -0.15) is 0 Å². The van der Waals surface area contributed by atoms with E-state index in [2.05, 4.69) is 72.9 Å². The minimum atomic E-state index is -0.560. The number of hydrogen-bond acceptors (Lipinski definition) is 3. The number of aliphatic imine (C=N–C) groups is 1. The Labute approximate surface area is 230 Å². The van der Waals surface area contributed by atoms with E-state index in [0.29, 0.717) is 0 Å². The van der Waals surface area contributed by atoms with E-state index in [1.807, 2.05) is 0 Å². The van der Waals surface area contributed by atoms with E-state index in [0.717, 1.165) is 30.0 Å². The van der Waals surface area contributed by atoms with E-state index in [1.54, 1.807) is 0 Å². The molecule has 3 aromatic carbocycles. The Kier molecular flexibility index (Phi) is 9.38. The lowest BCUT2D eigenvalue weighted by Crippen LogP contribution is -2.51. The molecule has 2 aliphatic rings. The molecule has 0 saturated heterocycles. The van der Waals surface area contributed by atoms with E-state index in [4.69, 9.17) is 9.73 Å². The molecule has 1 spiro atoms. The minimum Gasteiger partial charge on any atom is -0.460 e. The number of rotatable bonds is 15. The van der Waals surface area contributed by atoms with Gasteiger partial charge in [0.05, 0.1) is 5.71 Å². The maximum atomic E-state index is 6.81. The van der Waals surface area contributed by atoms with Gasteiger partial charge in [-0.05, 0) is 35.9 Å². The maximum Gasteiger partial charge on any atom is 0.224 e. The minimum absolute atomic E-state index is 0.560. The van der Waals surface area contributed by atoms with Crippen LogP contribution in [0.15, 0.2) is 65.7 Å². The molecular formula is C35H46N2O. The first-order valence-electron chi connectivity index (χ1n) is 15.4. The number of anilines is 1. The van der Waals surface area contributed by atoms with Crippen molar-refractivity contribution in [2.24, 2.45) is 4.99 Å². The van der Waals surface area contributed by atoms with Crippen molar-refractivity contribution in [2.45, 2.75) is 115 Å². The van der Waals surface area contributed by atoms with E-state index in [9.17, 15) is 0 Å². The second-order valence-electron chi connectivity index (χ2n) is 11.4. The molecule has 1 unspecified atom stereocenters. The Bertz CT molecular complexity index is 1190. The third kappa shape index (κ3) is 6.42. The summed E-state index contributed by atoms with van der Waals surface area (Å²) in [5.41, 5.74) is 4.06. The fraction of sp³-hybridized carbons (Fsp3) is 0.514. The van der Waals surface area contributed by atoms with Gasteiger partial charge in [0.25, 0.3) is 0 Å². The van der Waals surface area contributed by atoms with Gasteiger partial charge >= 0.3 is 0 Å². The lowest BCUT2D eigenvalue weighted by molar-refractivity contribution is 0.172. The number of fused-ring (bicyclic) bond motifs is 4. The highest BCUT2D eigenvalue weighted by molar-refractivity contribution is 6.05. The number of benzene rings is 3. The lowest BCUT2D eigenvalue weighted by atomic mass is 9.94. The number of para-hydroxylation sites is 1. The zero-order valence-corrected chi connectivity index (χ0v) is 23.4. The Morgan fingerprint density at radius 1 is 0.711 bits per heavy atom. The maximum absolute atomic E-state index is 6.81. The van der Waals surface area contributed by atoms with Crippen LogP contribution in [0.5, 0.6) is 5.75 Å². The fourth-order valence-corrected chi connectivity index (χ4v) is 6.21. The molecule has 1 atom stereocenters. The van der Waals surface area contributed by atoms with E-state index in [-0.39, 0.29) is 0 Å². The van der Waals surface area contributed by atoms with Gasteiger partial charge in [-0.1, -0.05) is 139 Å². The van der Waals surface area contributed by atoms with Crippen molar-refractivity contribution in [1.29, 1.82) is 0 Å². The van der Waals surface area contributed by atoms with Crippen LogP contribution in [0.2, 0.25) is 0 Å². The van der Waals surface area contributed by atoms with E-state index < -0.39 is 5.72 Å². The molecule has 5 rings (SSSR count). The van der Waals surface area contributed by atoms with Gasteiger partial charge in [-0.25, -0.2) is 4.99 Å². The lowest BCUT2D eigenvalue weighted by Gasteiger charge is -2.36. The quantitative estimate of drug-likeness (QED) is 0.206. The summed E-state index contributed by atoms with van der Waals surface area (Å²) in [6.07, 6.45) is 21.1. The Morgan fingerprint density at radius 3 is 2.05 bits per heavy atom. The number of nitrogens with zero attached hydrogens (tertiary/aromatic N) is 1. The topological polar surface area (TPSA) is 33.6 Å². The van der Waals surface area contributed by atoms with Gasteiger partial charge in [-0.3, -0.25) is 0 Å². The average molecular weight is 511 g/mol. The summed E-state index contributed by atoms with van der Waals surface area (Å²) < 4.78 is 6.81. The molecule has 0 aromatic heterocycles. The summed E-state index contributed by atoms with van der Waals surface area (Å²) in [6.45, 7) is 2.29. The van der Waals surface area contributed by atoms with Gasteiger partial charge in [0.15, 0.2) is 0 Å². The summed E-state index contributed by atoms with van der Waals surface area (Å²) in [5, 5.41) is 6.13. The molecule has 3 aromatic rings. The van der Waals surface area contributed by atoms with Crippen molar-refractivity contribution in [3.05, 3.63) is 66.2 Å². The zero-order valence-electron chi connectivity index (χ0n) is 23.4. The van der Waals surface area contributed by atoms with Crippen LogP contribution in [0.3, 0.4) is 0 Å². The Hall–Kier alpha value is -2.81. The molecular weight excluding hydrogens is 464 g/mol. The average Bonchev–Trinajstić information content (AvgIpc) is 3.31. The predicted octanol–water partition coefficient (Wildman–Crippen LogP) is 10.5. The van der Waals surface area contributed by atoms with Gasteiger partial charge in [-0.15, -0.1) is 0 Å². The van der Waals surface area contributed by atoms with E-state index >= 15 is 0 Å². The van der Waals surface area contributed by atoms with Crippen molar-refractivity contribution < 1.29 is 4.74 Å². The van der Waals surface area contributed by atoms with Crippen LogP contribution < -0.4 is 10.1 Å². The highest BCUT2D eigenvalue weighted by Gasteiger charge is 2.46. The third-order valence-electron chi connectivity index (χ3n) is 8.42. The smallest absolute Gasteiger partial charge is 0.224 e. The molecule has 0 bridgehead atoms. The summed E-state index contributed by atoms with van der Waals surface area (Å²) >= 11 is 0. The molecule has 0 amide bonds. The van der Waals surface area contributed by atoms with Crippen molar-refractivity contribution in [1.82, 2.24) is 0 Å². The zero-order chi connectivity index (χ0) is 26.0. The highest BCUT2D eigenvalue weighted by Crippen LogP contribution is 2.46. The summed E-state index contributed by atoms with van der Waals surface area (Å²) in [7, 11) is 0. The number of ether oxygens (including phenoxy) is 1. The van der Waals surface area contributed by atoms with Crippen LogP contribution in [0, 0.1) is 0 Å².